The predicted octanol–water partition coefficient (Wildman–Crippen LogP) is 3.60. The van der Waals surface area contributed by atoms with Crippen LogP contribution in [0.25, 0.3) is 10.9 Å². The number of hydrogen-bond donors (Lipinski definition) is 2. The Labute approximate surface area is 268 Å². The molecule has 3 aromatic rings. The molecule has 2 saturated heterocycles. The van der Waals surface area contributed by atoms with Crippen LogP contribution in [0.15, 0.2) is 47.6 Å². The topological polar surface area (TPSA) is 103 Å². The van der Waals surface area contributed by atoms with Crippen LogP contribution in [0.3, 0.4) is 0 Å². The molecule has 0 atom stereocenters. The van der Waals surface area contributed by atoms with Crippen molar-refractivity contribution in [1.29, 1.82) is 0 Å². The van der Waals surface area contributed by atoms with Gasteiger partial charge in [0.25, 0.3) is 0 Å². The van der Waals surface area contributed by atoms with E-state index in [0.717, 1.165) is 87.2 Å². The first-order chi connectivity index (χ1) is 21.4. The van der Waals surface area contributed by atoms with Crippen LogP contribution >= 0.6 is 0 Å². The summed E-state index contributed by atoms with van der Waals surface area (Å²) in [6.45, 7) is 13.8. The van der Waals surface area contributed by atoms with Crippen LogP contribution in [-0.4, -0.2) is 110 Å². The van der Waals surface area contributed by atoms with Crippen molar-refractivity contribution in [3.63, 3.8) is 0 Å². The molecule has 0 saturated carbocycles. The lowest BCUT2D eigenvalue weighted by Crippen LogP contribution is -2.51. The second kappa shape index (κ2) is 13.8. The van der Waals surface area contributed by atoms with Crippen molar-refractivity contribution in [3.8, 4) is 11.8 Å². The number of likely N-dealkylation sites (tertiary alicyclic amines) is 1. The fourth-order valence-corrected chi connectivity index (χ4v) is 6.51. The summed E-state index contributed by atoms with van der Waals surface area (Å²) in [4.78, 5) is 23.5. The number of carbonyl (C=O) groups excluding carboxylic acids is 1. The Kier molecular flexibility index (Phi) is 10.1. The summed E-state index contributed by atoms with van der Waals surface area (Å²) >= 11 is 0. The average Bonchev–Trinajstić information content (AvgIpc) is 3.33. The monoisotopic (exact) mass is 633 g/mol. The molecule has 11 heteroatoms. The number of piperidine rings is 1. The molecule has 1 amide bonds. The minimum Gasteiger partial charge on any atom is -0.382 e. The molecule has 4 heterocycles. The number of aromatic nitrogens is 2. The lowest BCUT2D eigenvalue weighted by atomic mass is 9.96. The highest BCUT2D eigenvalue weighted by atomic mass is 32.2. The maximum Gasteiger partial charge on any atom is 0.236 e. The van der Waals surface area contributed by atoms with Gasteiger partial charge in [-0.25, -0.2) is 13.4 Å². The standard InChI is InChI=1S/C34H47N7O3S/c1-34(2,3)25-41-28(8-7-15-35-27-11-12-32(36-23-27)45(5,43)44)22-29-30(9-6-10-31(29)41)37-26-13-16-39(17-14-26)24-33(42)40-20-18-38(4)19-21-40/h6,9-12,22-23,26,35,37H,13-21,24-25H2,1-5H3. The number of benzene rings is 1. The lowest BCUT2D eigenvalue weighted by molar-refractivity contribution is -0.134. The summed E-state index contributed by atoms with van der Waals surface area (Å²) in [7, 11) is -1.22. The van der Waals surface area contributed by atoms with Gasteiger partial charge in [0.1, 0.15) is 0 Å². The van der Waals surface area contributed by atoms with Gasteiger partial charge < -0.3 is 25.0 Å². The Morgan fingerprint density at radius 3 is 2.42 bits per heavy atom. The molecule has 2 aliphatic rings. The van der Waals surface area contributed by atoms with Crippen molar-refractivity contribution in [1.82, 2.24) is 24.3 Å². The van der Waals surface area contributed by atoms with Crippen LogP contribution in [0, 0.1) is 17.3 Å². The molecule has 0 unspecified atom stereocenters. The zero-order chi connectivity index (χ0) is 32.2. The number of likely N-dealkylation sites (N-methyl/N-ethyl adjacent to an activating group) is 1. The molecule has 2 aromatic heterocycles. The van der Waals surface area contributed by atoms with Gasteiger partial charge in [0, 0.05) is 69.2 Å². The van der Waals surface area contributed by atoms with E-state index in [9.17, 15) is 13.2 Å². The largest absolute Gasteiger partial charge is 0.382 e. The molecular weight excluding hydrogens is 586 g/mol. The highest BCUT2D eigenvalue weighted by Gasteiger charge is 2.25. The van der Waals surface area contributed by atoms with Crippen molar-refractivity contribution in [2.45, 2.75) is 51.2 Å². The molecule has 45 heavy (non-hydrogen) atoms. The van der Waals surface area contributed by atoms with Gasteiger partial charge in [-0.2, -0.15) is 0 Å². The van der Waals surface area contributed by atoms with Crippen LogP contribution in [0.1, 0.15) is 39.3 Å². The molecule has 10 nitrogen and oxygen atoms in total. The zero-order valence-electron chi connectivity index (χ0n) is 27.3. The molecule has 0 spiro atoms. The van der Waals surface area contributed by atoms with Gasteiger partial charge in [-0.15, -0.1) is 0 Å². The Morgan fingerprint density at radius 1 is 1.04 bits per heavy atom. The number of anilines is 2. The normalized spacial score (nSPS) is 17.2. The van der Waals surface area contributed by atoms with E-state index in [1.54, 1.807) is 6.07 Å². The number of pyridine rings is 1. The number of sulfone groups is 1. The third kappa shape index (κ3) is 8.78. The van der Waals surface area contributed by atoms with Gasteiger partial charge in [-0.3, -0.25) is 9.69 Å². The van der Waals surface area contributed by atoms with E-state index in [2.05, 4.69) is 93.9 Å². The van der Waals surface area contributed by atoms with Crippen LogP contribution < -0.4 is 10.6 Å². The molecule has 5 rings (SSSR count). The first-order valence-electron chi connectivity index (χ1n) is 15.8. The van der Waals surface area contributed by atoms with Gasteiger partial charge in [-0.1, -0.05) is 32.8 Å². The molecule has 0 radical (unpaired) electrons. The van der Waals surface area contributed by atoms with Gasteiger partial charge in [0.15, 0.2) is 14.9 Å². The second-order valence-electron chi connectivity index (χ2n) is 13.6. The lowest BCUT2D eigenvalue weighted by Gasteiger charge is -2.36. The fourth-order valence-electron chi connectivity index (χ4n) is 5.95. The van der Waals surface area contributed by atoms with Crippen molar-refractivity contribution in [3.05, 3.63) is 48.3 Å². The Bertz CT molecular complexity index is 1650. The number of piperazine rings is 1. The van der Waals surface area contributed by atoms with Gasteiger partial charge in [0.05, 0.1) is 36.2 Å². The van der Waals surface area contributed by atoms with E-state index < -0.39 is 9.84 Å². The molecule has 0 aliphatic carbocycles. The summed E-state index contributed by atoms with van der Waals surface area (Å²) in [6.07, 6.45) is 4.65. The summed E-state index contributed by atoms with van der Waals surface area (Å²) in [6, 6.07) is 12.2. The van der Waals surface area contributed by atoms with E-state index >= 15 is 0 Å². The van der Waals surface area contributed by atoms with Crippen LogP contribution in [0.5, 0.6) is 0 Å². The van der Waals surface area contributed by atoms with E-state index in [1.807, 2.05) is 4.90 Å². The van der Waals surface area contributed by atoms with Crippen LogP contribution in [0.4, 0.5) is 11.4 Å². The van der Waals surface area contributed by atoms with E-state index in [4.69, 9.17) is 0 Å². The second-order valence-corrected chi connectivity index (χ2v) is 15.6. The van der Waals surface area contributed by atoms with Crippen LogP contribution in [-0.2, 0) is 21.2 Å². The number of carbonyl (C=O) groups is 1. The molecule has 242 valence electrons. The quantitative estimate of drug-likeness (QED) is 0.363. The third-order valence-corrected chi connectivity index (χ3v) is 9.46. The SMILES string of the molecule is CN1CCN(C(=O)CN2CCC(Nc3cccc4c3cc(C#CCNc3ccc(S(C)(=O)=O)nc3)n4CC(C)(C)C)CC2)CC1. The molecule has 0 bridgehead atoms. The van der Waals surface area contributed by atoms with Gasteiger partial charge in [-0.05, 0) is 61.6 Å². The first kappa shape index (κ1) is 32.8. The Balaban J connectivity index is 1.24. The molecular formula is C34H47N7O3S. The summed E-state index contributed by atoms with van der Waals surface area (Å²) in [5.41, 5.74) is 4.01. The van der Waals surface area contributed by atoms with Gasteiger partial charge >= 0.3 is 0 Å². The van der Waals surface area contributed by atoms with Gasteiger partial charge in [0.2, 0.25) is 5.91 Å². The van der Waals surface area contributed by atoms with Crippen molar-refractivity contribution < 1.29 is 13.2 Å². The van der Waals surface area contributed by atoms with Crippen molar-refractivity contribution in [2.24, 2.45) is 5.41 Å². The first-order valence-corrected chi connectivity index (χ1v) is 17.7. The number of fused-ring (bicyclic) bond motifs is 1. The van der Waals surface area contributed by atoms with Crippen molar-refractivity contribution in [2.75, 3.05) is 76.3 Å². The molecule has 2 fully saturated rings. The third-order valence-electron chi connectivity index (χ3n) is 8.45. The number of rotatable bonds is 8. The highest BCUT2D eigenvalue weighted by Crippen LogP contribution is 2.31. The number of amides is 1. The molecule has 2 N–H and O–H groups in total. The van der Waals surface area contributed by atoms with Crippen molar-refractivity contribution >= 4 is 38.0 Å². The van der Waals surface area contributed by atoms with Crippen LogP contribution in [0.2, 0.25) is 0 Å². The number of nitrogens with zero attached hydrogens (tertiary/aromatic N) is 5. The predicted molar refractivity (Wildman–Crippen MR) is 181 cm³/mol. The summed E-state index contributed by atoms with van der Waals surface area (Å²) in [5.74, 6) is 6.87. The Morgan fingerprint density at radius 2 is 1.78 bits per heavy atom. The summed E-state index contributed by atoms with van der Waals surface area (Å²) in [5, 5.41) is 8.25. The van der Waals surface area contributed by atoms with E-state index in [0.29, 0.717) is 24.8 Å². The fraction of sp³-hybridized carbons (Fsp3) is 0.529. The highest BCUT2D eigenvalue weighted by molar-refractivity contribution is 7.90. The van der Waals surface area contributed by atoms with E-state index in [1.165, 1.54) is 12.3 Å². The summed E-state index contributed by atoms with van der Waals surface area (Å²) < 4.78 is 25.7. The molecule has 1 aromatic carbocycles. The maximum atomic E-state index is 12.8. The number of hydrogen-bond acceptors (Lipinski definition) is 8. The smallest absolute Gasteiger partial charge is 0.236 e. The van der Waals surface area contributed by atoms with E-state index in [-0.39, 0.29) is 16.3 Å². The maximum absolute atomic E-state index is 12.8. The molecule has 2 aliphatic heterocycles. The minimum absolute atomic E-state index is 0.0529. The average molecular weight is 634 g/mol. The Hall–Kier alpha value is -3.59. The number of nitrogens with one attached hydrogen (secondary N) is 2. The zero-order valence-corrected chi connectivity index (χ0v) is 28.1. The minimum atomic E-state index is -3.33.